The highest BCUT2D eigenvalue weighted by Gasteiger charge is 2.07. The molecule has 0 fully saturated rings. The summed E-state index contributed by atoms with van der Waals surface area (Å²) in [5.41, 5.74) is 0. The van der Waals surface area contributed by atoms with Crippen molar-refractivity contribution >= 4 is 5.91 Å². The summed E-state index contributed by atoms with van der Waals surface area (Å²) in [5, 5.41) is 0. The van der Waals surface area contributed by atoms with E-state index in [1.54, 1.807) is 0 Å². The second-order valence-electron chi connectivity index (χ2n) is 6.90. The summed E-state index contributed by atoms with van der Waals surface area (Å²) in [6.07, 6.45) is 15.4. The molecule has 0 saturated carbocycles. The summed E-state index contributed by atoms with van der Waals surface area (Å²) in [5.74, 6) is 0.303. The van der Waals surface area contributed by atoms with Crippen molar-refractivity contribution in [2.45, 2.75) is 84.0 Å². The van der Waals surface area contributed by atoms with Crippen LogP contribution in [-0.4, -0.2) is 49.9 Å². The Kier molecular flexibility index (Phi) is 14.9. The van der Waals surface area contributed by atoms with E-state index >= 15 is 0 Å². The lowest BCUT2D eigenvalue weighted by Gasteiger charge is -2.19. The van der Waals surface area contributed by atoms with Crippen LogP contribution in [0.15, 0.2) is 0 Å². The lowest BCUT2D eigenvalue weighted by atomic mass is 10.1. The van der Waals surface area contributed by atoms with Crippen molar-refractivity contribution in [3.05, 3.63) is 0 Å². The zero-order valence-corrected chi connectivity index (χ0v) is 15.7. The Morgan fingerprint density at radius 1 is 0.682 bits per heavy atom. The fraction of sp³-hybridized carbons (Fsp3) is 0.947. The molecule has 22 heavy (non-hydrogen) atoms. The molecule has 1 amide bonds. The van der Waals surface area contributed by atoms with E-state index in [-0.39, 0.29) is 0 Å². The predicted molar refractivity (Wildman–Crippen MR) is 97.3 cm³/mol. The van der Waals surface area contributed by atoms with Gasteiger partial charge in [-0.15, -0.1) is 0 Å². The van der Waals surface area contributed by atoms with Gasteiger partial charge in [-0.3, -0.25) is 4.79 Å². The molecule has 0 aliphatic heterocycles. The molecule has 0 rings (SSSR count). The molecular formula is C19H40N2O. The first kappa shape index (κ1) is 21.4. The van der Waals surface area contributed by atoms with Gasteiger partial charge < -0.3 is 9.80 Å². The monoisotopic (exact) mass is 312 g/mol. The molecule has 0 unspecified atom stereocenters. The van der Waals surface area contributed by atoms with Gasteiger partial charge in [-0.2, -0.15) is 0 Å². The molecule has 0 aromatic rings. The normalized spacial score (nSPS) is 11.1. The molecular weight excluding hydrogens is 272 g/mol. The highest BCUT2D eigenvalue weighted by atomic mass is 16.2. The molecule has 0 aliphatic carbocycles. The van der Waals surface area contributed by atoms with Crippen LogP contribution >= 0.6 is 0 Å². The van der Waals surface area contributed by atoms with Gasteiger partial charge in [0.25, 0.3) is 0 Å². The minimum Gasteiger partial charge on any atom is -0.344 e. The molecule has 0 N–H and O–H groups in total. The van der Waals surface area contributed by atoms with Crippen LogP contribution in [0.3, 0.4) is 0 Å². The number of nitrogens with zero attached hydrogens (tertiary/aromatic N) is 2. The van der Waals surface area contributed by atoms with Crippen molar-refractivity contribution < 1.29 is 4.79 Å². The van der Waals surface area contributed by atoms with E-state index in [9.17, 15) is 4.79 Å². The SMILES string of the molecule is CCCCCCCCCCCCCC(=O)N(C)CCN(C)C. The second-order valence-corrected chi connectivity index (χ2v) is 6.90. The number of likely N-dealkylation sites (N-methyl/N-ethyl adjacent to an activating group) is 2. The first-order valence-electron chi connectivity index (χ1n) is 9.46. The summed E-state index contributed by atoms with van der Waals surface area (Å²) in [6.45, 7) is 4.05. The lowest BCUT2D eigenvalue weighted by molar-refractivity contribution is -0.130. The van der Waals surface area contributed by atoms with Crippen LogP contribution in [0.5, 0.6) is 0 Å². The summed E-state index contributed by atoms with van der Waals surface area (Å²) in [7, 11) is 6.01. The first-order valence-corrected chi connectivity index (χ1v) is 9.46. The molecule has 3 nitrogen and oxygen atoms in total. The van der Waals surface area contributed by atoms with Crippen molar-refractivity contribution in [2.75, 3.05) is 34.2 Å². The number of rotatable bonds is 15. The molecule has 3 heteroatoms. The van der Waals surface area contributed by atoms with Gasteiger partial charge in [0.2, 0.25) is 5.91 Å². The van der Waals surface area contributed by atoms with Crippen molar-refractivity contribution in [1.82, 2.24) is 9.80 Å². The molecule has 0 bridgehead atoms. The largest absolute Gasteiger partial charge is 0.344 e. The third-order valence-corrected chi connectivity index (χ3v) is 4.30. The van der Waals surface area contributed by atoms with Gasteiger partial charge >= 0.3 is 0 Å². The maximum absolute atomic E-state index is 11.9. The third kappa shape index (κ3) is 14.4. The Bertz CT molecular complexity index is 254. The predicted octanol–water partition coefficient (Wildman–Crippen LogP) is 4.71. The molecule has 0 radical (unpaired) electrons. The van der Waals surface area contributed by atoms with Gasteiger partial charge in [0.05, 0.1) is 0 Å². The minimum absolute atomic E-state index is 0.303. The van der Waals surface area contributed by atoms with E-state index in [1.165, 1.54) is 64.2 Å². The van der Waals surface area contributed by atoms with Crippen LogP contribution in [0.2, 0.25) is 0 Å². The minimum atomic E-state index is 0.303. The average Bonchev–Trinajstić information content (AvgIpc) is 2.49. The summed E-state index contributed by atoms with van der Waals surface area (Å²) in [4.78, 5) is 15.9. The quantitative estimate of drug-likeness (QED) is 0.409. The number of unbranched alkanes of at least 4 members (excludes halogenated alkanes) is 10. The van der Waals surface area contributed by atoms with Crippen molar-refractivity contribution in [2.24, 2.45) is 0 Å². The Labute approximate surface area is 139 Å². The maximum atomic E-state index is 11.9. The van der Waals surface area contributed by atoms with Crippen LogP contribution in [0.4, 0.5) is 0 Å². The zero-order chi connectivity index (χ0) is 16.6. The van der Waals surface area contributed by atoms with Crippen LogP contribution < -0.4 is 0 Å². The fourth-order valence-electron chi connectivity index (χ4n) is 2.61. The standard InChI is InChI=1S/C19H40N2O/c1-5-6-7-8-9-10-11-12-13-14-15-16-19(22)21(4)18-17-20(2)3/h5-18H2,1-4H3. The van der Waals surface area contributed by atoms with E-state index in [0.717, 1.165) is 25.9 Å². The van der Waals surface area contributed by atoms with Crippen molar-refractivity contribution in [3.8, 4) is 0 Å². The Morgan fingerprint density at radius 2 is 1.14 bits per heavy atom. The van der Waals surface area contributed by atoms with Gasteiger partial charge in [0, 0.05) is 26.6 Å². The Morgan fingerprint density at radius 3 is 1.59 bits per heavy atom. The number of carbonyl (C=O) groups is 1. The molecule has 0 aromatic heterocycles. The van der Waals surface area contributed by atoms with E-state index in [4.69, 9.17) is 0 Å². The highest BCUT2D eigenvalue weighted by molar-refractivity contribution is 5.75. The topological polar surface area (TPSA) is 23.6 Å². The smallest absolute Gasteiger partial charge is 0.222 e. The van der Waals surface area contributed by atoms with Crippen molar-refractivity contribution in [1.29, 1.82) is 0 Å². The van der Waals surface area contributed by atoms with Crippen molar-refractivity contribution in [3.63, 3.8) is 0 Å². The Balaban J connectivity index is 3.29. The van der Waals surface area contributed by atoms with Gasteiger partial charge in [0.1, 0.15) is 0 Å². The van der Waals surface area contributed by atoms with Crippen LogP contribution in [0, 0.1) is 0 Å². The zero-order valence-electron chi connectivity index (χ0n) is 15.7. The van der Waals surface area contributed by atoms with E-state index in [0.29, 0.717) is 5.91 Å². The second kappa shape index (κ2) is 15.3. The molecule has 0 aliphatic rings. The Hall–Kier alpha value is -0.570. The lowest BCUT2D eigenvalue weighted by Crippen LogP contribution is -2.33. The molecule has 132 valence electrons. The van der Waals surface area contributed by atoms with Gasteiger partial charge in [0.15, 0.2) is 0 Å². The van der Waals surface area contributed by atoms with Crippen LogP contribution in [-0.2, 0) is 4.79 Å². The molecule has 0 saturated heterocycles. The van der Waals surface area contributed by atoms with Crippen LogP contribution in [0.1, 0.15) is 84.0 Å². The molecule has 0 heterocycles. The average molecular weight is 313 g/mol. The summed E-state index contributed by atoms with van der Waals surface area (Å²) >= 11 is 0. The molecule has 0 atom stereocenters. The van der Waals surface area contributed by atoms with E-state index < -0.39 is 0 Å². The first-order chi connectivity index (χ1) is 10.6. The summed E-state index contributed by atoms with van der Waals surface area (Å²) in [6, 6.07) is 0. The van der Waals surface area contributed by atoms with Gasteiger partial charge in [-0.25, -0.2) is 0 Å². The van der Waals surface area contributed by atoms with Gasteiger partial charge in [-0.05, 0) is 20.5 Å². The number of hydrogen-bond donors (Lipinski definition) is 0. The number of amides is 1. The summed E-state index contributed by atoms with van der Waals surface area (Å²) < 4.78 is 0. The molecule has 0 spiro atoms. The third-order valence-electron chi connectivity index (χ3n) is 4.30. The van der Waals surface area contributed by atoms with E-state index in [2.05, 4.69) is 11.8 Å². The maximum Gasteiger partial charge on any atom is 0.222 e. The fourth-order valence-corrected chi connectivity index (χ4v) is 2.61. The van der Waals surface area contributed by atoms with Gasteiger partial charge in [-0.1, -0.05) is 71.1 Å². The highest BCUT2D eigenvalue weighted by Crippen LogP contribution is 2.12. The number of hydrogen-bond acceptors (Lipinski definition) is 2. The van der Waals surface area contributed by atoms with Crippen LogP contribution in [0.25, 0.3) is 0 Å². The number of carbonyl (C=O) groups excluding carboxylic acids is 1. The molecule has 0 aromatic carbocycles. The van der Waals surface area contributed by atoms with E-state index in [1.807, 2.05) is 26.0 Å².